The summed E-state index contributed by atoms with van der Waals surface area (Å²) in [4.78, 5) is 36.7. The van der Waals surface area contributed by atoms with Crippen LogP contribution in [0.3, 0.4) is 0 Å². The van der Waals surface area contributed by atoms with E-state index in [-0.39, 0.29) is 21.4 Å². The van der Waals surface area contributed by atoms with E-state index in [9.17, 15) is 14.7 Å². The zero-order valence-electron chi connectivity index (χ0n) is 26.6. The van der Waals surface area contributed by atoms with Gasteiger partial charge in [-0.05, 0) is 0 Å². The Kier molecular flexibility index (Phi) is 7.26. The Labute approximate surface area is 261 Å². The van der Waals surface area contributed by atoms with E-state index in [1.54, 1.807) is 18.2 Å². The van der Waals surface area contributed by atoms with E-state index >= 15 is 0 Å². The summed E-state index contributed by atoms with van der Waals surface area (Å²) in [7, 11) is -5.63. The van der Waals surface area contributed by atoms with Crippen molar-refractivity contribution in [2.24, 2.45) is 0 Å². The monoisotopic (exact) mass is 602 g/mol. The summed E-state index contributed by atoms with van der Waals surface area (Å²) >= 11 is 0. The summed E-state index contributed by atoms with van der Waals surface area (Å²) in [6.07, 6.45) is 1.92. The molecule has 0 spiro atoms. The van der Waals surface area contributed by atoms with Gasteiger partial charge in [-0.25, -0.2) is 0 Å². The number of hydrogen-bond donors (Lipinski definition) is 3. The van der Waals surface area contributed by atoms with E-state index in [0.29, 0.717) is 5.56 Å². The Hall–Kier alpha value is -3.59. The van der Waals surface area contributed by atoms with Crippen LogP contribution in [-0.4, -0.2) is 14.7 Å². The standard InChI is InChI=1S/C40H43O3P/c1-7-39(3,4)32-20-17-30-25-35(36(26-31(30)23-32)40(5,6)8-2)38-34-16-12-11-14-28(34)19-22-37(38)44(41,42,43)33-21-18-27-13-9-10-15-29(27)24-33/h9-26,41-43H,7-8H2,1-6H3. The zero-order chi connectivity index (χ0) is 31.5. The predicted octanol–water partition coefficient (Wildman–Crippen LogP) is 9.41. The van der Waals surface area contributed by atoms with Crippen LogP contribution in [0.25, 0.3) is 43.4 Å². The Morgan fingerprint density at radius 2 is 1.14 bits per heavy atom. The summed E-state index contributed by atoms with van der Waals surface area (Å²) in [6.45, 7) is 13.4. The number of hydrogen-bond acceptors (Lipinski definition) is 3. The summed E-state index contributed by atoms with van der Waals surface area (Å²) in [5, 5.41) is 6.15. The molecule has 6 aromatic carbocycles. The fourth-order valence-corrected chi connectivity index (χ4v) is 8.34. The summed E-state index contributed by atoms with van der Waals surface area (Å²) in [6, 6.07) is 35.7. The SMILES string of the molecule is CCC(C)(C)c1ccc2cc(-c3c(P(O)(O)(O)c4ccc5ccccc5c4)ccc4ccccc34)c(C(C)(C)CC)cc2c1. The Morgan fingerprint density at radius 1 is 0.545 bits per heavy atom. The second kappa shape index (κ2) is 10.5. The first kappa shape index (κ1) is 30.4. The van der Waals surface area contributed by atoms with Crippen LogP contribution in [0.4, 0.5) is 0 Å². The molecule has 44 heavy (non-hydrogen) atoms. The molecule has 3 nitrogen and oxygen atoms in total. The molecule has 6 rings (SSSR count). The second-order valence-electron chi connectivity index (χ2n) is 13.6. The van der Waals surface area contributed by atoms with Crippen molar-refractivity contribution in [1.82, 2.24) is 0 Å². The van der Waals surface area contributed by atoms with Crippen LogP contribution < -0.4 is 10.6 Å². The first-order valence-electron chi connectivity index (χ1n) is 15.6. The van der Waals surface area contributed by atoms with Crippen LogP contribution in [0.15, 0.2) is 109 Å². The molecule has 0 saturated heterocycles. The van der Waals surface area contributed by atoms with Crippen LogP contribution in [-0.2, 0) is 10.8 Å². The molecule has 0 unspecified atom stereocenters. The first-order valence-corrected chi connectivity index (χ1v) is 17.7. The average molecular weight is 603 g/mol. The van der Waals surface area contributed by atoms with E-state index in [1.165, 1.54) is 5.56 Å². The van der Waals surface area contributed by atoms with Gasteiger partial charge in [0.05, 0.1) is 0 Å². The maximum atomic E-state index is 12.2. The molecule has 0 heterocycles. The minimum absolute atomic E-state index is 0.0534. The number of rotatable bonds is 7. The van der Waals surface area contributed by atoms with Gasteiger partial charge in [-0.2, -0.15) is 0 Å². The fraction of sp³-hybridized carbons (Fsp3) is 0.250. The third-order valence-corrected chi connectivity index (χ3v) is 12.6. The molecule has 0 bridgehead atoms. The molecular formula is C40H43O3P. The molecule has 3 N–H and O–H groups in total. The van der Waals surface area contributed by atoms with Crippen molar-refractivity contribution in [1.29, 1.82) is 0 Å². The maximum absolute atomic E-state index is 12.2. The van der Waals surface area contributed by atoms with Gasteiger partial charge in [-0.3, -0.25) is 0 Å². The van der Waals surface area contributed by atoms with Crippen molar-refractivity contribution < 1.29 is 14.7 Å². The molecule has 0 fully saturated rings. The van der Waals surface area contributed by atoms with Gasteiger partial charge in [0.25, 0.3) is 0 Å². The van der Waals surface area contributed by atoms with Gasteiger partial charge in [0.1, 0.15) is 0 Å². The van der Waals surface area contributed by atoms with Gasteiger partial charge >= 0.3 is 262 Å². The van der Waals surface area contributed by atoms with Crippen molar-refractivity contribution in [3.63, 3.8) is 0 Å². The van der Waals surface area contributed by atoms with Gasteiger partial charge in [0, 0.05) is 0 Å². The molecule has 0 aliphatic carbocycles. The van der Waals surface area contributed by atoms with Gasteiger partial charge in [0.2, 0.25) is 0 Å². The van der Waals surface area contributed by atoms with Crippen LogP contribution in [0.5, 0.6) is 0 Å². The fourth-order valence-electron chi connectivity index (χ4n) is 6.34. The number of benzene rings is 6. The first-order chi connectivity index (χ1) is 20.7. The molecule has 4 heteroatoms. The summed E-state index contributed by atoms with van der Waals surface area (Å²) < 4.78 is 0. The topological polar surface area (TPSA) is 60.7 Å². The van der Waals surface area contributed by atoms with E-state index < -0.39 is 7.28 Å². The van der Waals surface area contributed by atoms with Gasteiger partial charge in [-0.15, -0.1) is 0 Å². The predicted molar refractivity (Wildman–Crippen MR) is 190 cm³/mol. The molecule has 0 saturated carbocycles. The third-order valence-electron chi connectivity index (χ3n) is 10.1. The van der Waals surface area contributed by atoms with Crippen molar-refractivity contribution in [3.05, 3.63) is 120 Å². The molecule has 0 aliphatic rings. The van der Waals surface area contributed by atoms with Crippen LogP contribution in [0.1, 0.15) is 65.5 Å². The minimum atomic E-state index is -5.63. The zero-order valence-corrected chi connectivity index (χ0v) is 27.5. The van der Waals surface area contributed by atoms with E-state index in [1.807, 2.05) is 60.7 Å². The molecule has 0 atom stereocenters. The van der Waals surface area contributed by atoms with Crippen LogP contribution >= 0.6 is 7.28 Å². The van der Waals surface area contributed by atoms with Crippen molar-refractivity contribution in [3.8, 4) is 11.1 Å². The van der Waals surface area contributed by atoms with Gasteiger partial charge < -0.3 is 0 Å². The Balaban J connectivity index is 1.71. The molecule has 0 aliphatic heterocycles. The quantitative estimate of drug-likeness (QED) is 0.160. The molecule has 0 amide bonds. The van der Waals surface area contributed by atoms with Crippen LogP contribution in [0.2, 0.25) is 0 Å². The van der Waals surface area contributed by atoms with E-state index in [0.717, 1.165) is 56.3 Å². The van der Waals surface area contributed by atoms with E-state index in [2.05, 4.69) is 71.9 Å². The van der Waals surface area contributed by atoms with Gasteiger partial charge in [0.15, 0.2) is 0 Å². The normalized spacial score (nSPS) is 13.8. The molecule has 6 aromatic rings. The second-order valence-corrected chi connectivity index (χ2v) is 16.6. The molecular weight excluding hydrogens is 559 g/mol. The summed E-state index contributed by atoms with van der Waals surface area (Å²) in [5.74, 6) is 0. The molecule has 0 radical (unpaired) electrons. The van der Waals surface area contributed by atoms with Crippen LogP contribution in [0, 0.1) is 0 Å². The van der Waals surface area contributed by atoms with Gasteiger partial charge in [-0.1, -0.05) is 0 Å². The third kappa shape index (κ3) is 5.03. The molecule has 0 aromatic heterocycles. The van der Waals surface area contributed by atoms with Crippen molar-refractivity contribution >= 4 is 50.2 Å². The average Bonchev–Trinajstić information content (AvgIpc) is 3.02. The molecule has 226 valence electrons. The number of fused-ring (bicyclic) bond motifs is 3. The summed E-state index contributed by atoms with van der Waals surface area (Å²) in [5.41, 5.74) is 3.81. The Morgan fingerprint density at radius 3 is 1.84 bits per heavy atom. The van der Waals surface area contributed by atoms with Crippen molar-refractivity contribution in [2.75, 3.05) is 0 Å². The van der Waals surface area contributed by atoms with Crippen molar-refractivity contribution in [2.45, 2.75) is 65.2 Å². The van der Waals surface area contributed by atoms with E-state index in [4.69, 9.17) is 0 Å². The Bertz CT molecular complexity index is 2050.